The van der Waals surface area contributed by atoms with Crippen LogP contribution >= 0.6 is 0 Å². The van der Waals surface area contributed by atoms with E-state index >= 15 is 0 Å². The molecule has 3 atom stereocenters. The summed E-state index contributed by atoms with van der Waals surface area (Å²) in [6.45, 7) is 1.94. The third kappa shape index (κ3) is 3.78. The molecule has 9 heteroatoms. The van der Waals surface area contributed by atoms with Gasteiger partial charge in [-0.15, -0.1) is 0 Å². The fraction of sp³-hybridized carbons (Fsp3) is 0.375. The van der Waals surface area contributed by atoms with Crippen molar-refractivity contribution in [3.05, 3.63) is 54.1 Å². The first-order chi connectivity index (χ1) is 15.9. The number of benzene rings is 2. The highest BCUT2D eigenvalue weighted by molar-refractivity contribution is 6.02. The number of methoxy groups -OCH3 is 3. The van der Waals surface area contributed by atoms with Crippen LogP contribution in [0.1, 0.15) is 5.56 Å². The van der Waals surface area contributed by atoms with Gasteiger partial charge in [-0.1, -0.05) is 17.7 Å². The minimum atomic E-state index is -1.12. The molecule has 9 nitrogen and oxygen atoms in total. The topological polar surface area (TPSA) is 103 Å². The van der Waals surface area contributed by atoms with E-state index in [1.807, 2.05) is 31.2 Å². The molecule has 174 valence electrons. The van der Waals surface area contributed by atoms with Crippen LogP contribution in [0, 0.1) is 24.2 Å². The first kappa shape index (κ1) is 22.6. The van der Waals surface area contributed by atoms with Crippen molar-refractivity contribution in [2.75, 3.05) is 38.3 Å². The van der Waals surface area contributed by atoms with Gasteiger partial charge in [0.15, 0.2) is 0 Å². The van der Waals surface area contributed by atoms with E-state index in [4.69, 9.17) is 19.0 Å². The van der Waals surface area contributed by atoms with Gasteiger partial charge in [-0.2, -0.15) is 0 Å². The molecule has 1 saturated heterocycles. The lowest BCUT2D eigenvalue weighted by molar-refractivity contribution is -0.148. The highest BCUT2D eigenvalue weighted by Gasteiger charge is 2.81. The van der Waals surface area contributed by atoms with Crippen molar-refractivity contribution in [3.63, 3.8) is 0 Å². The van der Waals surface area contributed by atoms with Gasteiger partial charge in [-0.05, 0) is 43.3 Å². The van der Waals surface area contributed by atoms with Crippen LogP contribution in [0.3, 0.4) is 0 Å². The Hall–Kier alpha value is -3.59. The lowest BCUT2D eigenvalue weighted by atomic mass is 9.92. The smallest absolute Gasteiger partial charge is 0.310 e. The molecule has 3 unspecified atom stereocenters. The molecule has 0 radical (unpaired) electrons. The number of carbonyl (C=O) groups excluding carboxylic acids is 3. The van der Waals surface area contributed by atoms with Crippen LogP contribution in [0.25, 0.3) is 0 Å². The van der Waals surface area contributed by atoms with Crippen molar-refractivity contribution < 1.29 is 33.4 Å². The molecule has 2 aromatic carbocycles. The van der Waals surface area contributed by atoms with Gasteiger partial charge in [-0.25, -0.2) is 5.06 Å². The summed E-state index contributed by atoms with van der Waals surface area (Å²) in [6.07, 6.45) is 0. The fourth-order valence-electron chi connectivity index (χ4n) is 4.65. The van der Waals surface area contributed by atoms with Crippen molar-refractivity contribution >= 4 is 29.2 Å². The molecule has 0 aromatic heterocycles. The largest absolute Gasteiger partial charge is 0.497 e. The second-order valence-electron chi connectivity index (χ2n) is 8.17. The number of anilines is 2. The van der Waals surface area contributed by atoms with E-state index in [1.165, 1.54) is 19.3 Å². The van der Waals surface area contributed by atoms with Crippen LogP contribution in [-0.4, -0.2) is 51.8 Å². The number of ether oxygens (including phenoxy) is 3. The Morgan fingerprint density at radius 3 is 2.03 bits per heavy atom. The van der Waals surface area contributed by atoms with Crippen LogP contribution in [0.5, 0.6) is 5.75 Å². The van der Waals surface area contributed by atoms with Gasteiger partial charge in [0.2, 0.25) is 5.91 Å². The zero-order chi connectivity index (χ0) is 23.8. The standard InChI is InChI=1S/C24H26N2O7/c1-14-5-9-16(10-6-14)26-20(21(27)25-15-7-11-17(30-2)12-8-15)24(13-33-26)18(22(28)31-3)19(24)23(29)32-4/h5-12,18-20H,13H2,1-4H3,(H,25,27). The minimum Gasteiger partial charge on any atom is -0.497 e. The number of carbonyl (C=O) groups is 3. The molecule has 1 N–H and O–H groups in total. The summed E-state index contributed by atoms with van der Waals surface area (Å²) >= 11 is 0. The lowest BCUT2D eigenvalue weighted by Crippen LogP contribution is -2.45. The molecule has 1 aliphatic heterocycles. The quantitative estimate of drug-likeness (QED) is 0.664. The van der Waals surface area contributed by atoms with Crippen LogP contribution in [0.15, 0.2) is 48.5 Å². The minimum absolute atomic E-state index is 0.0128. The average molecular weight is 454 g/mol. The normalized spacial score (nSPS) is 25.5. The fourth-order valence-corrected chi connectivity index (χ4v) is 4.65. The first-order valence-corrected chi connectivity index (χ1v) is 10.5. The van der Waals surface area contributed by atoms with Gasteiger partial charge >= 0.3 is 11.9 Å². The van der Waals surface area contributed by atoms with Gasteiger partial charge in [0, 0.05) is 5.69 Å². The SMILES string of the molecule is COC(=O)C1C(C(=O)OC)C12CON(c1ccc(C)cc1)C2C(=O)Nc1ccc(OC)cc1. The third-order valence-corrected chi connectivity index (χ3v) is 6.38. The van der Waals surface area contributed by atoms with Gasteiger partial charge in [-0.3, -0.25) is 19.2 Å². The van der Waals surface area contributed by atoms with Crippen molar-refractivity contribution in [3.8, 4) is 5.75 Å². The Bertz CT molecular complexity index is 1030. The molecule has 1 amide bonds. The Labute approximate surface area is 191 Å². The number of nitrogens with zero attached hydrogens (tertiary/aromatic N) is 1. The Balaban J connectivity index is 1.72. The molecule has 0 bridgehead atoms. The van der Waals surface area contributed by atoms with Crippen LogP contribution < -0.4 is 15.1 Å². The Morgan fingerprint density at radius 1 is 0.939 bits per heavy atom. The summed E-state index contributed by atoms with van der Waals surface area (Å²) in [4.78, 5) is 44.8. The average Bonchev–Trinajstić information content (AvgIpc) is 3.33. The van der Waals surface area contributed by atoms with Crippen molar-refractivity contribution in [2.45, 2.75) is 13.0 Å². The zero-order valence-electron chi connectivity index (χ0n) is 18.9. The highest BCUT2D eigenvalue weighted by Crippen LogP contribution is 2.66. The molecule has 1 saturated carbocycles. The Kier molecular flexibility index (Phi) is 5.99. The van der Waals surface area contributed by atoms with Crippen molar-refractivity contribution in [1.29, 1.82) is 0 Å². The van der Waals surface area contributed by atoms with Crippen LogP contribution in [0.2, 0.25) is 0 Å². The summed E-state index contributed by atoms with van der Waals surface area (Å²) in [6, 6.07) is 13.3. The summed E-state index contributed by atoms with van der Waals surface area (Å²) in [5.41, 5.74) is 1.09. The van der Waals surface area contributed by atoms with Gasteiger partial charge in [0.05, 0.1) is 50.9 Å². The lowest BCUT2D eigenvalue weighted by Gasteiger charge is -2.27. The predicted molar refractivity (Wildman–Crippen MR) is 118 cm³/mol. The van der Waals surface area contributed by atoms with Gasteiger partial charge < -0.3 is 19.5 Å². The van der Waals surface area contributed by atoms with E-state index in [0.717, 1.165) is 5.56 Å². The monoisotopic (exact) mass is 454 g/mol. The summed E-state index contributed by atoms with van der Waals surface area (Å²) in [5.74, 6) is -2.66. The molecule has 33 heavy (non-hydrogen) atoms. The molecular weight excluding hydrogens is 428 g/mol. The molecule has 1 heterocycles. The number of hydrogen-bond acceptors (Lipinski definition) is 8. The van der Waals surface area contributed by atoms with E-state index < -0.39 is 41.1 Å². The number of hydroxylamine groups is 1. The molecule has 2 aromatic rings. The number of hydrogen-bond donors (Lipinski definition) is 1. The Morgan fingerprint density at radius 2 is 1.52 bits per heavy atom. The molecule has 1 spiro atoms. The van der Waals surface area contributed by atoms with E-state index in [9.17, 15) is 14.4 Å². The third-order valence-electron chi connectivity index (χ3n) is 6.38. The van der Waals surface area contributed by atoms with Crippen molar-refractivity contribution in [2.24, 2.45) is 17.3 Å². The maximum Gasteiger partial charge on any atom is 0.310 e. The predicted octanol–water partition coefficient (Wildman–Crippen LogP) is 2.34. The second kappa shape index (κ2) is 8.74. The molecule has 1 aliphatic carbocycles. The van der Waals surface area contributed by atoms with Gasteiger partial charge in [0.25, 0.3) is 0 Å². The summed E-state index contributed by atoms with van der Waals surface area (Å²) in [5, 5.41) is 4.35. The molecule has 2 aliphatic rings. The first-order valence-electron chi connectivity index (χ1n) is 10.5. The summed E-state index contributed by atoms with van der Waals surface area (Å²) < 4.78 is 15.1. The number of amides is 1. The number of nitrogens with one attached hydrogen (secondary N) is 1. The molecule has 4 rings (SSSR count). The molecule has 2 fully saturated rings. The number of rotatable bonds is 6. The van der Waals surface area contributed by atoms with E-state index in [2.05, 4.69) is 5.32 Å². The van der Waals surface area contributed by atoms with Crippen LogP contribution in [-0.2, 0) is 28.7 Å². The highest BCUT2D eigenvalue weighted by atomic mass is 16.7. The van der Waals surface area contributed by atoms with E-state index in [0.29, 0.717) is 17.1 Å². The number of aryl methyl sites for hydroxylation is 1. The maximum absolute atomic E-state index is 13.6. The molecular formula is C24H26N2O7. The number of esters is 2. The maximum atomic E-state index is 13.6. The van der Waals surface area contributed by atoms with Crippen molar-refractivity contribution in [1.82, 2.24) is 0 Å². The van der Waals surface area contributed by atoms with E-state index in [-0.39, 0.29) is 6.61 Å². The van der Waals surface area contributed by atoms with E-state index in [1.54, 1.807) is 31.4 Å². The van der Waals surface area contributed by atoms with Crippen LogP contribution in [0.4, 0.5) is 11.4 Å². The summed E-state index contributed by atoms with van der Waals surface area (Å²) in [7, 11) is 4.06. The van der Waals surface area contributed by atoms with Gasteiger partial charge in [0.1, 0.15) is 11.8 Å². The zero-order valence-corrected chi connectivity index (χ0v) is 18.9. The second-order valence-corrected chi connectivity index (χ2v) is 8.17.